The standard InChI is InChI=1S/C12H7BrN6OS/c13-10-7-3-8(21-12(7)18-17-10)11(20)15-6-1-2-9-16-14-5-19(9)4-6/h1-5H,(H,15,20)(H,17,18). The zero-order valence-electron chi connectivity index (χ0n) is 10.4. The lowest BCUT2D eigenvalue weighted by Gasteiger charge is -2.03. The summed E-state index contributed by atoms with van der Waals surface area (Å²) in [5, 5.41) is 18.4. The smallest absolute Gasteiger partial charge is 0.265 e. The van der Waals surface area contributed by atoms with E-state index in [9.17, 15) is 4.79 Å². The van der Waals surface area contributed by atoms with E-state index in [2.05, 4.69) is 41.6 Å². The van der Waals surface area contributed by atoms with Gasteiger partial charge in [0.05, 0.1) is 10.6 Å². The lowest BCUT2D eigenvalue weighted by molar-refractivity contribution is 0.103. The Kier molecular flexibility index (Phi) is 2.76. The van der Waals surface area contributed by atoms with Crippen LogP contribution in [-0.4, -0.2) is 30.7 Å². The highest BCUT2D eigenvalue weighted by Gasteiger charge is 2.14. The highest BCUT2D eigenvalue weighted by molar-refractivity contribution is 9.10. The van der Waals surface area contributed by atoms with Crippen molar-refractivity contribution in [3.05, 3.63) is 40.2 Å². The van der Waals surface area contributed by atoms with Crippen LogP contribution in [0, 0.1) is 0 Å². The van der Waals surface area contributed by atoms with E-state index < -0.39 is 0 Å². The van der Waals surface area contributed by atoms with Gasteiger partial charge in [0.25, 0.3) is 5.91 Å². The maximum atomic E-state index is 12.3. The molecule has 0 aliphatic heterocycles. The highest BCUT2D eigenvalue weighted by atomic mass is 79.9. The van der Waals surface area contributed by atoms with Gasteiger partial charge in [-0.25, -0.2) is 0 Å². The molecule has 4 heterocycles. The number of halogens is 1. The lowest BCUT2D eigenvalue weighted by Crippen LogP contribution is -2.10. The fourth-order valence-electron chi connectivity index (χ4n) is 1.99. The zero-order chi connectivity index (χ0) is 14.4. The third-order valence-corrected chi connectivity index (χ3v) is 4.61. The van der Waals surface area contributed by atoms with Crippen molar-refractivity contribution in [2.45, 2.75) is 0 Å². The van der Waals surface area contributed by atoms with Crippen molar-refractivity contribution < 1.29 is 4.79 Å². The Labute approximate surface area is 130 Å². The van der Waals surface area contributed by atoms with Crippen LogP contribution in [0.5, 0.6) is 0 Å². The molecule has 0 fully saturated rings. The van der Waals surface area contributed by atoms with Crippen LogP contribution in [-0.2, 0) is 0 Å². The Morgan fingerprint density at radius 3 is 3.19 bits per heavy atom. The van der Waals surface area contributed by atoms with Crippen molar-refractivity contribution in [1.29, 1.82) is 0 Å². The van der Waals surface area contributed by atoms with Crippen LogP contribution in [0.25, 0.3) is 15.9 Å². The minimum absolute atomic E-state index is 0.169. The fourth-order valence-corrected chi connectivity index (χ4v) is 3.40. The number of pyridine rings is 1. The van der Waals surface area contributed by atoms with E-state index in [1.54, 1.807) is 35.1 Å². The number of thiophene rings is 1. The van der Waals surface area contributed by atoms with Crippen molar-refractivity contribution >= 4 is 54.7 Å². The van der Waals surface area contributed by atoms with E-state index in [1.165, 1.54) is 11.3 Å². The first-order chi connectivity index (χ1) is 10.2. The quantitative estimate of drug-likeness (QED) is 0.573. The van der Waals surface area contributed by atoms with Crippen molar-refractivity contribution in [3.63, 3.8) is 0 Å². The molecule has 7 nitrogen and oxygen atoms in total. The van der Waals surface area contributed by atoms with Crippen LogP contribution in [0.15, 0.2) is 35.3 Å². The molecule has 0 saturated heterocycles. The summed E-state index contributed by atoms with van der Waals surface area (Å²) in [6.45, 7) is 0. The Hall–Kier alpha value is -2.26. The zero-order valence-corrected chi connectivity index (χ0v) is 12.8. The second kappa shape index (κ2) is 4.64. The molecule has 0 aliphatic carbocycles. The number of nitrogens with zero attached hydrogens (tertiary/aromatic N) is 4. The van der Waals surface area contributed by atoms with Crippen LogP contribution in [0.3, 0.4) is 0 Å². The summed E-state index contributed by atoms with van der Waals surface area (Å²) in [6.07, 6.45) is 3.35. The van der Waals surface area contributed by atoms with E-state index in [1.807, 2.05) is 0 Å². The number of aromatic amines is 1. The summed E-state index contributed by atoms with van der Waals surface area (Å²) in [5.41, 5.74) is 1.41. The molecule has 0 bridgehead atoms. The van der Waals surface area contributed by atoms with Gasteiger partial charge in [0, 0.05) is 11.6 Å². The number of rotatable bonds is 2. The molecule has 4 rings (SSSR count). The molecule has 0 unspecified atom stereocenters. The largest absolute Gasteiger partial charge is 0.320 e. The van der Waals surface area contributed by atoms with Gasteiger partial charge in [-0.2, -0.15) is 5.10 Å². The van der Waals surface area contributed by atoms with Gasteiger partial charge in [0.2, 0.25) is 0 Å². The second-order valence-electron chi connectivity index (χ2n) is 4.34. The molecule has 0 spiro atoms. The van der Waals surface area contributed by atoms with Gasteiger partial charge in [0.15, 0.2) is 5.65 Å². The summed E-state index contributed by atoms with van der Waals surface area (Å²) >= 11 is 4.69. The number of H-pyrrole nitrogens is 1. The topological polar surface area (TPSA) is 88.0 Å². The Balaban J connectivity index is 1.64. The lowest BCUT2D eigenvalue weighted by atomic mass is 10.3. The molecule has 0 saturated carbocycles. The molecule has 2 N–H and O–H groups in total. The number of hydrogen-bond acceptors (Lipinski definition) is 5. The molecule has 104 valence electrons. The Morgan fingerprint density at radius 1 is 1.43 bits per heavy atom. The maximum absolute atomic E-state index is 12.3. The van der Waals surface area contributed by atoms with Crippen LogP contribution < -0.4 is 5.32 Å². The third kappa shape index (κ3) is 2.10. The number of anilines is 1. The number of amides is 1. The molecule has 0 aromatic carbocycles. The predicted molar refractivity (Wildman–Crippen MR) is 82.6 cm³/mol. The number of nitrogens with one attached hydrogen (secondary N) is 2. The molecule has 0 atom stereocenters. The second-order valence-corrected chi connectivity index (χ2v) is 6.16. The summed E-state index contributed by atoms with van der Waals surface area (Å²) in [4.78, 5) is 13.7. The van der Waals surface area contributed by atoms with Gasteiger partial charge < -0.3 is 5.32 Å². The van der Waals surface area contributed by atoms with Crippen molar-refractivity contribution in [3.8, 4) is 0 Å². The molecule has 4 aromatic heterocycles. The van der Waals surface area contributed by atoms with Gasteiger partial charge in [-0.3, -0.25) is 14.3 Å². The Bertz CT molecular complexity index is 971. The Morgan fingerprint density at radius 2 is 2.33 bits per heavy atom. The van der Waals surface area contributed by atoms with Gasteiger partial charge >= 0.3 is 0 Å². The van der Waals surface area contributed by atoms with E-state index in [0.717, 1.165) is 20.5 Å². The normalized spacial score (nSPS) is 11.3. The first-order valence-electron chi connectivity index (χ1n) is 5.95. The number of carbonyl (C=O) groups excluding carboxylic acids is 1. The maximum Gasteiger partial charge on any atom is 0.265 e. The number of fused-ring (bicyclic) bond motifs is 2. The van der Waals surface area contributed by atoms with E-state index in [0.29, 0.717) is 10.6 Å². The third-order valence-electron chi connectivity index (χ3n) is 2.98. The molecular formula is C12H7BrN6OS. The van der Waals surface area contributed by atoms with Crippen LogP contribution >= 0.6 is 27.3 Å². The SMILES string of the molecule is O=C(Nc1ccc2nncn2c1)c1cc2c(Br)[nH]nc2s1. The van der Waals surface area contributed by atoms with Gasteiger partial charge in [0.1, 0.15) is 15.8 Å². The van der Waals surface area contributed by atoms with Gasteiger partial charge in [-0.1, -0.05) is 0 Å². The average Bonchev–Trinajstić information content (AvgIpc) is 3.16. The molecule has 0 aliphatic rings. The van der Waals surface area contributed by atoms with Crippen molar-refractivity contribution in [1.82, 2.24) is 24.8 Å². The number of carbonyl (C=O) groups is 1. The van der Waals surface area contributed by atoms with E-state index in [4.69, 9.17) is 0 Å². The monoisotopic (exact) mass is 362 g/mol. The summed E-state index contributed by atoms with van der Waals surface area (Å²) < 4.78 is 2.52. The van der Waals surface area contributed by atoms with Crippen LogP contribution in [0.4, 0.5) is 5.69 Å². The predicted octanol–water partition coefficient (Wildman–Crippen LogP) is 2.68. The van der Waals surface area contributed by atoms with E-state index >= 15 is 0 Å². The summed E-state index contributed by atoms with van der Waals surface area (Å²) in [5.74, 6) is -0.169. The molecular weight excluding hydrogens is 356 g/mol. The summed E-state index contributed by atoms with van der Waals surface area (Å²) in [6, 6.07) is 5.39. The van der Waals surface area contributed by atoms with E-state index in [-0.39, 0.29) is 5.91 Å². The molecule has 1 amide bonds. The molecule has 4 aromatic rings. The first-order valence-corrected chi connectivity index (χ1v) is 7.56. The van der Waals surface area contributed by atoms with Crippen molar-refractivity contribution in [2.24, 2.45) is 0 Å². The van der Waals surface area contributed by atoms with Crippen LogP contribution in [0.1, 0.15) is 9.67 Å². The minimum atomic E-state index is -0.169. The van der Waals surface area contributed by atoms with Crippen molar-refractivity contribution in [2.75, 3.05) is 5.32 Å². The van der Waals surface area contributed by atoms with Crippen LogP contribution in [0.2, 0.25) is 0 Å². The highest BCUT2D eigenvalue weighted by Crippen LogP contribution is 2.29. The molecule has 9 heteroatoms. The molecule has 21 heavy (non-hydrogen) atoms. The first kappa shape index (κ1) is 12.5. The minimum Gasteiger partial charge on any atom is -0.320 e. The number of hydrogen-bond donors (Lipinski definition) is 2. The van der Waals surface area contributed by atoms with Gasteiger partial charge in [-0.15, -0.1) is 21.5 Å². The molecule has 0 radical (unpaired) electrons. The number of aromatic nitrogens is 5. The van der Waals surface area contributed by atoms with Gasteiger partial charge in [-0.05, 0) is 34.1 Å². The fraction of sp³-hybridized carbons (Fsp3) is 0. The summed E-state index contributed by atoms with van der Waals surface area (Å²) in [7, 11) is 0. The average molecular weight is 363 g/mol.